The molecule has 3 heteroatoms. The van der Waals surface area contributed by atoms with Gasteiger partial charge in [-0.2, -0.15) is 0 Å². The Hall–Kier alpha value is -0.120. The van der Waals surface area contributed by atoms with Crippen molar-refractivity contribution in [1.82, 2.24) is 10.2 Å². The third-order valence-electron chi connectivity index (χ3n) is 4.86. The zero-order chi connectivity index (χ0) is 14.5. The minimum absolute atomic E-state index is 0.0374. The molecule has 1 N–H and O–H groups in total. The molecule has 1 fully saturated rings. The molecule has 0 aromatic carbocycles. The second-order valence-corrected chi connectivity index (χ2v) is 7.13. The summed E-state index contributed by atoms with van der Waals surface area (Å²) in [5.74, 6) is 0. The fraction of sp³-hybridized carbons (Fsp3) is 1.00. The Morgan fingerprint density at radius 2 is 1.79 bits per heavy atom. The van der Waals surface area contributed by atoms with Crippen LogP contribution >= 0.6 is 0 Å². The van der Waals surface area contributed by atoms with E-state index in [4.69, 9.17) is 4.74 Å². The van der Waals surface area contributed by atoms with E-state index in [0.29, 0.717) is 11.6 Å². The number of ether oxygens (including phenoxy) is 1. The lowest BCUT2D eigenvalue weighted by Crippen LogP contribution is -2.54. The standard InChI is InChI=1S/C16H34N2O/c1-14(12-15(2,3)19-6)17-13-16(18(4)5)10-8-7-9-11-16/h14,17H,7-13H2,1-6H3. The molecule has 3 nitrogen and oxygen atoms in total. The molecule has 0 radical (unpaired) electrons. The summed E-state index contributed by atoms with van der Waals surface area (Å²) in [7, 11) is 6.27. The predicted octanol–water partition coefficient (Wildman–Crippen LogP) is 3.04. The second kappa shape index (κ2) is 7.05. The Kier molecular flexibility index (Phi) is 6.28. The predicted molar refractivity (Wildman–Crippen MR) is 82.7 cm³/mol. The number of nitrogens with zero attached hydrogens (tertiary/aromatic N) is 1. The highest BCUT2D eigenvalue weighted by Crippen LogP contribution is 2.31. The maximum Gasteiger partial charge on any atom is 0.0637 e. The third-order valence-corrected chi connectivity index (χ3v) is 4.86. The molecule has 0 amide bonds. The van der Waals surface area contributed by atoms with E-state index >= 15 is 0 Å². The van der Waals surface area contributed by atoms with Crippen molar-refractivity contribution < 1.29 is 4.74 Å². The first-order chi connectivity index (χ1) is 8.81. The number of nitrogens with one attached hydrogen (secondary N) is 1. The minimum atomic E-state index is -0.0374. The van der Waals surface area contributed by atoms with E-state index in [1.54, 1.807) is 7.11 Å². The maximum atomic E-state index is 5.52. The summed E-state index contributed by atoms with van der Waals surface area (Å²) in [6.45, 7) is 7.69. The Bertz CT molecular complexity index is 257. The van der Waals surface area contributed by atoms with E-state index in [2.05, 4.69) is 45.1 Å². The molecule has 1 atom stereocenters. The molecule has 0 spiro atoms. The van der Waals surface area contributed by atoms with Gasteiger partial charge in [0.25, 0.3) is 0 Å². The summed E-state index contributed by atoms with van der Waals surface area (Å²) in [5, 5.41) is 3.74. The molecular formula is C16H34N2O. The highest BCUT2D eigenvalue weighted by Gasteiger charge is 2.34. The van der Waals surface area contributed by atoms with Crippen LogP contribution in [0, 0.1) is 0 Å². The molecule has 1 aliphatic rings. The molecule has 1 saturated carbocycles. The average molecular weight is 270 g/mol. The van der Waals surface area contributed by atoms with Crippen LogP contribution in [0.2, 0.25) is 0 Å². The van der Waals surface area contributed by atoms with Crippen molar-refractivity contribution in [1.29, 1.82) is 0 Å². The molecular weight excluding hydrogens is 236 g/mol. The molecule has 114 valence electrons. The minimum Gasteiger partial charge on any atom is -0.379 e. The fourth-order valence-corrected chi connectivity index (χ4v) is 3.25. The van der Waals surface area contributed by atoms with Crippen molar-refractivity contribution in [3.8, 4) is 0 Å². The number of rotatable bonds is 7. The second-order valence-electron chi connectivity index (χ2n) is 7.13. The Morgan fingerprint density at radius 3 is 2.26 bits per heavy atom. The van der Waals surface area contributed by atoms with E-state index < -0.39 is 0 Å². The van der Waals surface area contributed by atoms with E-state index in [1.165, 1.54) is 32.1 Å². The molecule has 1 unspecified atom stereocenters. The average Bonchev–Trinajstić information content (AvgIpc) is 2.37. The quantitative estimate of drug-likeness (QED) is 0.769. The molecule has 0 heterocycles. The van der Waals surface area contributed by atoms with E-state index in [0.717, 1.165) is 13.0 Å². The molecule has 0 aliphatic heterocycles. The molecule has 19 heavy (non-hydrogen) atoms. The van der Waals surface area contributed by atoms with E-state index in [9.17, 15) is 0 Å². The van der Waals surface area contributed by atoms with E-state index in [-0.39, 0.29) is 5.60 Å². The molecule has 0 aromatic heterocycles. The van der Waals surface area contributed by atoms with Gasteiger partial charge in [-0.1, -0.05) is 19.3 Å². The van der Waals surface area contributed by atoms with Crippen molar-refractivity contribution in [2.45, 2.75) is 76.5 Å². The number of methoxy groups -OCH3 is 1. The van der Waals surface area contributed by atoms with Crippen molar-refractivity contribution in [2.75, 3.05) is 27.7 Å². The van der Waals surface area contributed by atoms with Crippen molar-refractivity contribution >= 4 is 0 Å². The van der Waals surface area contributed by atoms with Crippen LogP contribution in [0.25, 0.3) is 0 Å². The zero-order valence-electron chi connectivity index (χ0n) is 13.9. The van der Waals surface area contributed by atoms with Crippen molar-refractivity contribution in [3.63, 3.8) is 0 Å². The summed E-state index contributed by atoms with van der Waals surface area (Å²) in [5.41, 5.74) is 0.327. The van der Waals surface area contributed by atoms with Crippen molar-refractivity contribution in [2.24, 2.45) is 0 Å². The van der Waals surface area contributed by atoms with Crippen LogP contribution in [0.15, 0.2) is 0 Å². The molecule has 0 saturated heterocycles. The van der Waals surface area contributed by atoms with Crippen LogP contribution in [0.5, 0.6) is 0 Å². The van der Waals surface area contributed by atoms with Gasteiger partial charge in [0.15, 0.2) is 0 Å². The van der Waals surface area contributed by atoms with E-state index in [1.807, 2.05) is 0 Å². The number of likely N-dealkylation sites (N-methyl/N-ethyl adjacent to an activating group) is 1. The smallest absolute Gasteiger partial charge is 0.0637 e. The topological polar surface area (TPSA) is 24.5 Å². The Morgan fingerprint density at radius 1 is 1.21 bits per heavy atom. The first-order valence-electron chi connectivity index (χ1n) is 7.77. The fourth-order valence-electron chi connectivity index (χ4n) is 3.25. The van der Waals surface area contributed by atoms with Crippen LogP contribution in [0.4, 0.5) is 0 Å². The van der Waals surface area contributed by atoms with Crippen LogP contribution in [-0.2, 0) is 4.74 Å². The first kappa shape index (κ1) is 16.9. The van der Waals surface area contributed by atoms with Gasteiger partial charge in [-0.3, -0.25) is 0 Å². The van der Waals surface area contributed by atoms with Gasteiger partial charge in [0.05, 0.1) is 5.60 Å². The zero-order valence-corrected chi connectivity index (χ0v) is 13.9. The van der Waals surface area contributed by atoms with Crippen LogP contribution in [-0.4, -0.2) is 49.8 Å². The highest BCUT2D eigenvalue weighted by molar-refractivity contribution is 4.93. The lowest BCUT2D eigenvalue weighted by Gasteiger charge is -2.44. The summed E-state index contributed by atoms with van der Waals surface area (Å²) in [6, 6.07) is 0.494. The van der Waals surface area contributed by atoms with Gasteiger partial charge in [0.1, 0.15) is 0 Å². The molecule has 0 aromatic rings. The lowest BCUT2D eigenvalue weighted by atomic mass is 9.80. The maximum absolute atomic E-state index is 5.52. The van der Waals surface area contributed by atoms with Crippen LogP contribution in [0.3, 0.4) is 0 Å². The Balaban J connectivity index is 2.48. The van der Waals surface area contributed by atoms with Crippen molar-refractivity contribution in [3.05, 3.63) is 0 Å². The highest BCUT2D eigenvalue weighted by atomic mass is 16.5. The lowest BCUT2D eigenvalue weighted by molar-refractivity contribution is 0.00629. The van der Waals surface area contributed by atoms with Gasteiger partial charge in [0, 0.05) is 25.2 Å². The largest absolute Gasteiger partial charge is 0.379 e. The normalized spacial score (nSPS) is 21.6. The SMILES string of the molecule is COC(C)(C)CC(C)NCC1(N(C)C)CCCCC1. The molecule has 1 aliphatic carbocycles. The van der Waals surface area contributed by atoms with Crippen LogP contribution < -0.4 is 5.32 Å². The number of hydrogen-bond donors (Lipinski definition) is 1. The van der Waals surface area contributed by atoms with Gasteiger partial charge >= 0.3 is 0 Å². The van der Waals surface area contributed by atoms with Gasteiger partial charge in [-0.05, 0) is 54.1 Å². The first-order valence-corrected chi connectivity index (χ1v) is 7.77. The summed E-state index contributed by atoms with van der Waals surface area (Å²) >= 11 is 0. The van der Waals surface area contributed by atoms with Gasteiger partial charge in [-0.25, -0.2) is 0 Å². The number of hydrogen-bond acceptors (Lipinski definition) is 3. The summed E-state index contributed by atoms with van der Waals surface area (Å²) < 4.78 is 5.52. The van der Waals surface area contributed by atoms with Gasteiger partial charge < -0.3 is 15.0 Å². The molecule has 0 bridgehead atoms. The molecule has 1 rings (SSSR count). The monoisotopic (exact) mass is 270 g/mol. The summed E-state index contributed by atoms with van der Waals surface area (Å²) in [6.07, 6.45) is 7.85. The van der Waals surface area contributed by atoms with Gasteiger partial charge in [-0.15, -0.1) is 0 Å². The third kappa shape index (κ3) is 5.05. The van der Waals surface area contributed by atoms with Gasteiger partial charge in [0.2, 0.25) is 0 Å². The van der Waals surface area contributed by atoms with Crippen LogP contribution in [0.1, 0.15) is 59.3 Å². The Labute approximate surface area is 120 Å². The summed E-state index contributed by atoms with van der Waals surface area (Å²) in [4.78, 5) is 2.44.